The van der Waals surface area contributed by atoms with Gasteiger partial charge in [0.05, 0.1) is 6.04 Å². The lowest BCUT2D eigenvalue weighted by molar-refractivity contribution is 0.506. The molecule has 0 radical (unpaired) electrons. The van der Waals surface area contributed by atoms with Crippen LogP contribution >= 0.6 is 15.9 Å². The van der Waals surface area contributed by atoms with Crippen LogP contribution in [0.2, 0.25) is 0 Å². The molecule has 2 rings (SSSR count). The van der Waals surface area contributed by atoms with Crippen molar-refractivity contribution in [3.8, 4) is 0 Å². The SMILES string of the molecule is NNC(Cc1ccccn1)c1ccc(Br)cc1F. The van der Waals surface area contributed by atoms with Crippen LogP contribution in [0, 0.1) is 5.82 Å². The minimum Gasteiger partial charge on any atom is -0.271 e. The molecular weight excluding hydrogens is 297 g/mol. The van der Waals surface area contributed by atoms with Gasteiger partial charge in [-0.15, -0.1) is 0 Å². The fourth-order valence-corrected chi connectivity index (χ4v) is 2.10. The molecule has 5 heteroatoms. The molecule has 0 aliphatic heterocycles. The van der Waals surface area contributed by atoms with Gasteiger partial charge in [0.2, 0.25) is 0 Å². The highest BCUT2D eigenvalue weighted by atomic mass is 79.9. The second kappa shape index (κ2) is 6.04. The number of rotatable bonds is 4. The van der Waals surface area contributed by atoms with Crippen LogP contribution < -0.4 is 11.3 Å². The van der Waals surface area contributed by atoms with Crippen molar-refractivity contribution in [3.63, 3.8) is 0 Å². The quantitative estimate of drug-likeness (QED) is 0.674. The minimum absolute atomic E-state index is 0.289. The molecule has 1 heterocycles. The van der Waals surface area contributed by atoms with E-state index in [9.17, 15) is 4.39 Å². The molecule has 1 aromatic carbocycles. The molecule has 0 bridgehead atoms. The van der Waals surface area contributed by atoms with Gasteiger partial charge >= 0.3 is 0 Å². The highest BCUT2D eigenvalue weighted by Crippen LogP contribution is 2.23. The Balaban J connectivity index is 2.23. The highest BCUT2D eigenvalue weighted by Gasteiger charge is 2.15. The normalized spacial score (nSPS) is 12.4. The van der Waals surface area contributed by atoms with E-state index in [1.807, 2.05) is 18.2 Å². The third-order valence-electron chi connectivity index (χ3n) is 2.68. The third kappa shape index (κ3) is 3.13. The molecule has 0 saturated carbocycles. The van der Waals surface area contributed by atoms with Gasteiger partial charge in [-0.05, 0) is 24.3 Å². The van der Waals surface area contributed by atoms with E-state index in [-0.39, 0.29) is 11.9 Å². The average molecular weight is 310 g/mol. The second-order valence-electron chi connectivity index (χ2n) is 3.91. The van der Waals surface area contributed by atoms with Crippen molar-refractivity contribution in [1.82, 2.24) is 10.4 Å². The summed E-state index contributed by atoms with van der Waals surface area (Å²) >= 11 is 3.23. The van der Waals surface area contributed by atoms with Crippen LogP contribution in [0.4, 0.5) is 4.39 Å². The van der Waals surface area contributed by atoms with Crippen molar-refractivity contribution in [3.05, 3.63) is 64.1 Å². The lowest BCUT2D eigenvalue weighted by Gasteiger charge is -2.16. The van der Waals surface area contributed by atoms with E-state index >= 15 is 0 Å². The predicted molar refractivity (Wildman–Crippen MR) is 72.1 cm³/mol. The summed E-state index contributed by atoms with van der Waals surface area (Å²) in [4.78, 5) is 4.21. The maximum atomic E-state index is 13.8. The number of hydrogen-bond donors (Lipinski definition) is 2. The first-order valence-electron chi connectivity index (χ1n) is 5.51. The summed E-state index contributed by atoms with van der Waals surface area (Å²) in [6, 6.07) is 10.3. The molecule has 18 heavy (non-hydrogen) atoms. The van der Waals surface area contributed by atoms with Crippen molar-refractivity contribution in [1.29, 1.82) is 0 Å². The summed E-state index contributed by atoms with van der Waals surface area (Å²) < 4.78 is 14.6. The first kappa shape index (κ1) is 13.1. The molecule has 0 spiro atoms. The summed E-state index contributed by atoms with van der Waals surface area (Å²) in [6.45, 7) is 0. The molecule has 0 aliphatic carbocycles. The van der Waals surface area contributed by atoms with Gasteiger partial charge in [0.1, 0.15) is 5.82 Å². The smallest absolute Gasteiger partial charge is 0.129 e. The summed E-state index contributed by atoms with van der Waals surface area (Å²) in [7, 11) is 0. The lowest BCUT2D eigenvalue weighted by Crippen LogP contribution is -2.30. The summed E-state index contributed by atoms with van der Waals surface area (Å²) in [5, 5.41) is 0. The van der Waals surface area contributed by atoms with Gasteiger partial charge in [-0.3, -0.25) is 16.3 Å². The summed E-state index contributed by atoms with van der Waals surface area (Å²) in [5.74, 6) is 5.21. The fraction of sp³-hybridized carbons (Fsp3) is 0.154. The number of nitrogens with two attached hydrogens (primary N) is 1. The molecule has 1 unspecified atom stereocenters. The largest absolute Gasteiger partial charge is 0.271 e. The van der Waals surface area contributed by atoms with Crippen molar-refractivity contribution < 1.29 is 4.39 Å². The number of hydrogen-bond acceptors (Lipinski definition) is 3. The Morgan fingerprint density at radius 1 is 1.33 bits per heavy atom. The van der Waals surface area contributed by atoms with Crippen molar-refractivity contribution >= 4 is 15.9 Å². The Hall–Kier alpha value is -1.30. The lowest BCUT2D eigenvalue weighted by atomic mass is 10.0. The first-order chi connectivity index (χ1) is 8.70. The van der Waals surface area contributed by atoms with E-state index in [4.69, 9.17) is 5.84 Å². The molecule has 3 nitrogen and oxygen atoms in total. The van der Waals surface area contributed by atoms with Crippen molar-refractivity contribution in [2.75, 3.05) is 0 Å². The Morgan fingerprint density at radius 3 is 2.78 bits per heavy atom. The molecule has 1 aromatic heterocycles. The number of hydrazine groups is 1. The Kier molecular flexibility index (Phi) is 4.41. The molecule has 94 valence electrons. The van der Waals surface area contributed by atoms with Gasteiger partial charge < -0.3 is 0 Å². The molecule has 0 fully saturated rings. The van der Waals surface area contributed by atoms with Crippen LogP contribution in [0.3, 0.4) is 0 Å². The van der Waals surface area contributed by atoms with Crippen LogP contribution in [0.5, 0.6) is 0 Å². The molecule has 3 N–H and O–H groups in total. The summed E-state index contributed by atoms with van der Waals surface area (Å²) in [6.07, 6.45) is 2.25. The summed E-state index contributed by atoms with van der Waals surface area (Å²) in [5.41, 5.74) is 4.03. The Morgan fingerprint density at radius 2 is 2.17 bits per heavy atom. The van der Waals surface area contributed by atoms with Crippen LogP contribution in [0.15, 0.2) is 47.1 Å². The highest BCUT2D eigenvalue weighted by molar-refractivity contribution is 9.10. The zero-order valence-electron chi connectivity index (χ0n) is 9.61. The van der Waals surface area contributed by atoms with Crippen LogP contribution in [-0.4, -0.2) is 4.98 Å². The Bertz CT molecular complexity index is 519. The van der Waals surface area contributed by atoms with E-state index in [0.29, 0.717) is 16.5 Å². The number of halogens is 2. The van der Waals surface area contributed by atoms with Gasteiger partial charge in [0.15, 0.2) is 0 Å². The van der Waals surface area contributed by atoms with Crippen LogP contribution in [-0.2, 0) is 6.42 Å². The van der Waals surface area contributed by atoms with Crippen molar-refractivity contribution in [2.24, 2.45) is 5.84 Å². The molecule has 0 saturated heterocycles. The van der Waals surface area contributed by atoms with E-state index in [2.05, 4.69) is 26.3 Å². The Labute approximate surface area is 113 Å². The van der Waals surface area contributed by atoms with Gasteiger partial charge in [-0.25, -0.2) is 4.39 Å². The zero-order chi connectivity index (χ0) is 13.0. The van der Waals surface area contributed by atoms with E-state index in [1.165, 1.54) is 6.07 Å². The standard InChI is InChI=1S/C13H13BrFN3/c14-9-4-5-11(12(15)7-9)13(18-16)8-10-3-1-2-6-17-10/h1-7,13,18H,8,16H2. The zero-order valence-corrected chi connectivity index (χ0v) is 11.2. The second-order valence-corrected chi connectivity index (χ2v) is 4.83. The van der Waals surface area contributed by atoms with Gasteiger partial charge in [-0.2, -0.15) is 0 Å². The van der Waals surface area contributed by atoms with Gasteiger partial charge in [0, 0.05) is 28.3 Å². The van der Waals surface area contributed by atoms with Crippen LogP contribution in [0.25, 0.3) is 0 Å². The third-order valence-corrected chi connectivity index (χ3v) is 3.17. The molecule has 0 aliphatic rings. The predicted octanol–water partition coefficient (Wildman–Crippen LogP) is 2.73. The maximum Gasteiger partial charge on any atom is 0.129 e. The van der Waals surface area contributed by atoms with Gasteiger partial charge in [-0.1, -0.05) is 28.1 Å². The number of benzene rings is 1. The van der Waals surface area contributed by atoms with E-state index in [0.717, 1.165) is 5.69 Å². The molecule has 2 aromatic rings. The molecule has 0 amide bonds. The number of pyridine rings is 1. The van der Waals surface area contributed by atoms with Crippen LogP contribution in [0.1, 0.15) is 17.3 Å². The first-order valence-corrected chi connectivity index (χ1v) is 6.31. The van der Waals surface area contributed by atoms with Gasteiger partial charge in [0.25, 0.3) is 0 Å². The topological polar surface area (TPSA) is 50.9 Å². The maximum absolute atomic E-state index is 13.8. The fourth-order valence-electron chi connectivity index (χ4n) is 1.77. The average Bonchev–Trinajstić information content (AvgIpc) is 2.38. The molecule has 1 atom stereocenters. The number of nitrogens with zero attached hydrogens (tertiary/aromatic N) is 1. The van der Waals surface area contributed by atoms with Crippen molar-refractivity contribution in [2.45, 2.75) is 12.5 Å². The molecular formula is C13H13BrFN3. The van der Waals surface area contributed by atoms with E-state index < -0.39 is 0 Å². The van der Waals surface area contributed by atoms with E-state index in [1.54, 1.807) is 18.3 Å². The number of nitrogens with one attached hydrogen (secondary N) is 1. The minimum atomic E-state index is -0.298. The number of aromatic nitrogens is 1. The monoisotopic (exact) mass is 309 g/mol.